The third-order valence-electron chi connectivity index (χ3n) is 5.13. The van der Waals surface area contributed by atoms with Crippen LogP contribution in [0.4, 0.5) is 5.69 Å². The van der Waals surface area contributed by atoms with Gasteiger partial charge in [-0.25, -0.2) is 0 Å². The molecule has 1 aromatic carbocycles. The molecule has 24 heavy (non-hydrogen) atoms. The highest BCUT2D eigenvalue weighted by molar-refractivity contribution is 5.78. The number of ether oxygens (including phenoxy) is 2. The molecule has 3 rings (SSSR count). The molecule has 5 nitrogen and oxygen atoms in total. The van der Waals surface area contributed by atoms with Crippen LogP contribution in [-0.4, -0.2) is 49.3 Å². The van der Waals surface area contributed by atoms with Crippen molar-refractivity contribution in [3.63, 3.8) is 0 Å². The average molecular weight is 332 g/mol. The highest BCUT2D eigenvalue weighted by atomic mass is 16.5. The van der Waals surface area contributed by atoms with Gasteiger partial charge < -0.3 is 19.7 Å². The number of methoxy groups -OCH3 is 1. The van der Waals surface area contributed by atoms with Gasteiger partial charge in [0.05, 0.1) is 25.4 Å². The maximum absolute atomic E-state index is 12.1. The molecule has 0 radical (unpaired) electrons. The Bertz CT molecular complexity index is 580. The standard InChI is InChI=1S/C19H28N2O3/c1-14(2)18(22)21-9-7-19(8-10-21)12-16(13-24-19)20-15-5-4-6-17(11-15)23-3/h4-6,11,14,16,20H,7-10,12-13H2,1-3H3. The van der Waals surface area contributed by atoms with Crippen molar-refractivity contribution >= 4 is 11.6 Å². The predicted molar refractivity (Wildman–Crippen MR) is 94.4 cm³/mol. The zero-order valence-electron chi connectivity index (χ0n) is 14.9. The number of likely N-dealkylation sites (tertiary alicyclic amines) is 1. The molecule has 2 heterocycles. The van der Waals surface area contributed by atoms with Gasteiger partial charge in [0, 0.05) is 30.8 Å². The van der Waals surface area contributed by atoms with Gasteiger partial charge in [0.25, 0.3) is 0 Å². The van der Waals surface area contributed by atoms with Gasteiger partial charge >= 0.3 is 0 Å². The molecule has 2 fully saturated rings. The van der Waals surface area contributed by atoms with E-state index in [2.05, 4.69) is 11.4 Å². The summed E-state index contributed by atoms with van der Waals surface area (Å²) in [6, 6.07) is 8.30. The molecular weight excluding hydrogens is 304 g/mol. The number of hydrogen-bond donors (Lipinski definition) is 1. The maximum atomic E-state index is 12.1. The molecular formula is C19H28N2O3. The van der Waals surface area contributed by atoms with Crippen molar-refractivity contribution < 1.29 is 14.3 Å². The second-order valence-corrected chi connectivity index (χ2v) is 7.25. The van der Waals surface area contributed by atoms with E-state index in [0.717, 1.165) is 50.4 Å². The Balaban J connectivity index is 1.55. The highest BCUT2D eigenvalue weighted by Gasteiger charge is 2.43. The molecule has 1 N–H and O–H groups in total. The van der Waals surface area contributed by atoms with E-state index in [1.54, 1.807) is 7.11 Å². The molecule has 0 bridgehead atoms. The fourth-order valence-electron chi connectivity index (χ4n) is 3.73. The number of nitrogens with one attached hydrogen (secondary N) is 1. The number of amides is 1. The number of anilines is 1. The van der Waals surface area contributed by atoms with E-state index in [4.69, 9.17) is 9.47 Å². The van der Waals surface area contributed by atoms with Crippen LogP contribution in [0.15, 0.2) is 24.3 Å². The summed E-state index contributed by atoms with van der Waals surface area (Å²) in [5.41, 5.74) is 0.997. The van der Waals surface area contributed by atoms with Crippen LogP contribution >= 0.6 is 0 Å². The molecule has 0 saturated carbocycles. The minimum absolute atomic E-state index is 0.0652. The van der Waals surface area contributed by atoms with E-state index in [0.29, 0.717) is 6.04 Å². The first-order chi connectivity index (χ1) is 11.5. The lowest BCUT2D eigenvalue weighted by Gasteiger charge is -2.39. The fraction of sp³-hybridized carbons (Fsp3) is 0.632. The van der Waals surface area contributed by atoms with Crippen molar-refractivity contribution in [2.45, 2.75) is 44.8 Å². The second kappa shape index (κ2) is 7.01. The van der Waals surface area contributed by atoms with Gasteiger partial charge in [-0.05, 0) is 31.4 Å². The van der Waals surface area contributed by atoms with Crippen LogP contribution in [0.5, 0.6) is 5.75 Å². The van der Waals surface area contributed by atoms with Crippen molar-refractivity contribution in [1.29, 1.82) is 0 Å². The SMILES string of the molecule is COc1cccc(NC2COC3(CCN(C(=O)C(C)C)CC3)C2)c1. The van der Waals surface area contributed by atoms with Gasteiger partial charge in [-0.2, -0.15) is 0 Å². The molecule has 2 aliphatic heterocycles. The molecule has 1 atom stereocenters. The first-order valence-corrected chi connectivity index (χ1v) is 8.85. The fourth-order valence-corrected chi connectivity index (χ4v) is 3.73. The number of piperidine rings is 1. The van der Waals surface area contributed by atoms with Gasteiger partial charge in [0.15, 0.2) is 0 Å². The Kier molecular flexibility index (Phi) is 4.99. The van der Waals surface area contributed by atoms with Crippen LogP contribution in [0, 0.1) is 5.92 Å². The predicted octanol–water partition coefficient (Wildman–Crippen LogP) is 2.91. The third-order valence-corrected chi connectivity index (χ3v) is 5.13. The number of carbonyl (C=O) groups excluding carboxylic acids is 1. The van der Waals surface area contributed by atoms with E-state index in [1.165, 1.54) is 0 Å². The first kappa shape index (κ1) is 17.1. The normalized spacial score (nSPS) is 22.8. The summed E-state index contributed by atoms with van der Waals surface area (Å²) >= 11 is 0. The Morgan fingerprint density at radius 1 is 1.38 bits per heavy atom. The topological polar surface area (TPSA) is 50.8 Å². The van der Waals surface area contributed by atoms with Crippen molar-refractivity contribution in [3.05, 3.63) is 24.3 Å². The van der Waals surface area contributed by atoms with E-state index >= 15 is 0 Å². The monoisotopic (exact) mass is 332 g/mol. The summed E-state index contributed by atoms with van der Waals surface area (Å²) < 4.78 is 11.5. The minimum atomic E-state index is -0.0652. The van der Waals surface area contributed by atoms with Gasteiger partial charge in [0.2, 0.25) is 5.91 Å². The zero-order valence-corrected chi connectivity index (χ0v) is 14.9. The van der Waals surface area contributed by atoms with Crippen LogP contribution in [0.3, 0.4) is 0 Å². The van der Waals surface area contributed by atoms with Crippen LogP contribution in [0.1, 0.15) is 33.1 Å². The molecule has 132 valence electrons. The number of hydrogen-bond acceptors (Lipinski definition) is 4. The molecule has 1 aromatic rings. The molecule has 1 spiro atoms. The summed E-state index contributed by atoms with van der Waals surface area (Å²) in [7, 11) is 1.68. The lowest BCUT2D eigenvalue weighted by molar-refractivity contribution is -0.139. The molecule has 1 amide bonds. The van der Waals surface area contributed by atoms with Gasteiger partial charge in [-0.15, -0.1) is 0 Å². The van der Waals surface area contributed by atoms with Gasteiger partial charge in [0.1, 0.15) is 5.75 Å². The number of nitrogens with zero attached hydrogens (tertiary/aromatic N) is 1. The van der Waals surface area contributed by atoms with Crippen molar-refractivity contribution in [1.82, 2.24) is 4.90 Å². The van der Waals surface area contributed by atoms with E-state index < -0.39 is 0 Å². The van der Waals surface area contributed by atoms with Crippen LogP contribution in [0.2, 0.25) is 0 Å². The average Bonchev–Trinajstić information content (AvgIpc) is 2.97. The van der Waals surface area contributed by atoms with E-state index in [9.17, 15) is 4.79 Å². The smallest absolute Gasteiger partial charge is 0.225 e. The lowest BCUT2D eigenvalue weighted by atomic mass is 9.87. The van der Waals surface area contributed by atoms with Crippen LogP contribution in [-0.2, 0) is 9.53 Å². The van der Waals surface area contributed by atoms with E-state index in [1.807, 2.05) is 36.9 Å². The number of benzene rings is 1. The van der Waals surface area contributed by atoms with Gasteiger partial charge in [-0.1, -0.05) is 19.9 Å². The second-order valence-electron chi connectivity index (χ2n) is 7.25. The van der Waals surface area contributed by atoms with Crippen molar-refractivity contribution in [3.8, 4) is 5.75 Å². The van der Waals surface area contributed by atoms with Gasteiger partial charge in [-0.3, -0.25) is 4.79 Å². The number of carbonyl (C=O) groups is 1. The molecule has 1 unspecified atom stereocenters. The van der Waals surface area contributed by atoms with Crippen LogP contribution < -0.4 is 10.1 Å². The molecule has 2 aliphatic rings. The lowest BCUT2D eigenvalue weighted by Crippen LogP contribution is -2.47. The Labute approximate surface area is 144 Å². The molecule has 5 heteroatoms. The molecule has 2 saturated heterocycles. The molecule has 0 aromatic heterocycles. The first-order valence-electron chi connectivity index (χ1n) is 8.85. The van der Waals surface area contributed by atoms with Crippen molar-refractivity contribution in [2.24, 2.45) is 5.92 Å². The van der Waals surface area contributed by atoms with E-state index in [-0.39, 0.29) is 17.4 Å². The largest absolute Gasteiger partial charge is 0.497 e. The highest BCUT2D eigenvalue weighted by Crippen LogP contribution is 2.37. The molecule has 0 aliphatic carbocycles. The quantitative estimate of drug-likeness (QED) is 0.921. The summed E-state index contributed by atoms with van der Waals surface area (Å²) in [6.07, 6.45) is 2.86. The Morgan fingerprint density at radius 2 is 2.12 bits per heavy atom. The zero-order chi connectivity index (χ0) is 17.2. The number of rotatable bonds is 4. The minimum Gasteiger partial charge on any atom is -0.497 e. The Morgan fingerprint density at radius 3 is 2.79 bits per heavy atom. The summed E-state index contributed by atoms with van der Waals surface area (Å²) in [4.78, 5) is 14.1. The maximum Gasteiger partial charge on any atom is 0.225 e. The summed E-state index contributed by atoms with van der Waals surface area (Å²) in [6.45, 7) is 6.26. The summed E-state index contributed by atoms with van der Waals surface area (Å²) in [5.74, 6) is 1.19. The third kappa shape index (κ3) is 3.66. The van der Waals surface area contributed by atoms with Crippen LogP contribution in [0.25, 0.3) is 0 Å². The van der Waals surface area contributed by atoms with Crippen molar-refractivity contribution in [2.75, 3.05) is 32.1 Å². The summed E-state index contributed by atoms with van der Waals surface area (Å²) in [5, 5.41) is 3.55. The Hall–Kier alpha value is -1.75.